The van der Waals surface area contributed by atoms with Gasteiger partial charge in [-0.05, 0) is 46.4 Å². The van der Waals surface area contributed by atoms with Crippen molar-refractivity contribution in [1.29, 1.82) is 0 Å². The summed E-state index contributed by atoms with van der Waals surface area (Å²) in [5, 5.41) is 3.53. The first-order valence-electron chi connectivity index (χ1n) is 5.79. The smallest absolute Gasteiger partial charge is 0.0327 e. The van der Waals surface area contributed by atoms with E-state index in [9.17, 15) is 0 Å². The maximum Gasteiger partial charge on any atom is 0.0327 e. The van der Waals surface area contributed by atoms with Gasteiger partial charge in [0.1, 0.15) is 0 Å². The molecule has 0 saturated heterocycles. The molecule has 1 aliphatic rings. The molecule has 3 N–H and O–H groups in total. The van der Waals surface area contributed by atoms with Gasteiger partial charge >= 0.3 is 0 Å². The molecule has 0 aromatic heterocycles. The van der Waals surface area contributed by atoms with Crippen LogP contribution in [0.2, 0.25) is 0 Å². The van der Waals surface area contributed by atoms with Crippen LogP contribution in [0.25, 0.3) is 0 Å². The lowest BCUT2D eigenvalue weighted by atomic mass is 9.96. The minimum Gasteiger partial charge on any atom is -0.330 e. The molecule has 0 aromatic rings. The summed E-state index contributed by atoms with van der Waals surface area (Å²) in [6.07, 6.45) is 6.54. The summed E-state index contributed by atoms with van der Waals surface area (Å²) in [4.78, 5) is 2.40. The molecule has 1 fully saturated rings. The molecule has 0 radical (unpaired) electrons. The Balaban J connectivity index is 2.29. The van der Waals surface area contributed by atoms with E-state index in [0.717, 1.165) is 26.1 Å². The van der Waals surface area contributed by atoms with Crippen molar-refractivity contribution in [2.24, 2.45) is 5.73 Å². The molecule has 3 nitrogen and oxygen atoms in total. The second-order valence-corrected chi connectivity index (χ2v) is 4.64. The van der Waals surface area contributed by atoms with Crippen molar-refractivity contribution in [3.05, 3.63) is 0 Å². The Morgan fingerprint density at radius 2 is 1.93 bits per heavy atom. The quantitative estimate of drug-likeness (QED) is 0.622. The molecule has 1 rings (SSSR count). The van der Waals surface area contributed by atoms with Crippen LogP contribution in [0.1, 0.15) is 32.1 Å². The van der Waals surface area contributed by atoms with E-state index in [1.54, 1.807) is 0 Å². The molecule has 0 spiro atoms. The largest absolute Gasteiger partial charge is 0.330 e. The number of rotatable bonds is 6. The summed E-state index contributed by atoms with van der Waals surface area (Å²) in [6, 6.07) is 0. The van der Waals surface area contributed by atoms with Crippen LogP contribution < -0.4 is 11.1 Å². The fraction of sp³-hybridized carbons (Fsp3) is 1.00. The van der Waals surface area contributed by atoms with Gasteiger partial charge in [-0.15, -0.1) is 0 Å². The highest BCUT2D eigenvalue weighted by atomic mass is 15.2. The van der Waals surface area contributed by atoms with Crippen LogP contribution in [0.4, 0.5) is 0 Å². The number of hydrogen-bond donors (Lipinski definition) is 2. The third-order valence-corrected chi connectivity index (χ3v) is 3.49. The van der Waals surface area contributed by atoms with Gasteiger partial charge in [-0.3, -0.25) is 0 Å². The van der Waals surface area contributed by atoms with Crippen LogP contribution in [0.15, 0.2) is 0 Å². The number of nitrogens with zero attached hydrogens (tertiary/aromatic N) is 1. The second-order valence-electron chi connectivity index (χ2n) is 4.64. The molecule has 14 heavy (non-hydrogen) atoms. The van der Waals surface area contributed by atoms with E-state index in [-0.39, 0.29) is 0 Å². The lowest BCUT2D eigenvalue weighted by molar-refractivity contribution is 0.154. The Morgan fingerprint density at radius 3 is 2.43 bits per heavy atom. The SMILES string of the molecule is CN(C)C1(CNCCCN)CCCC1. The van der Waals surface area contributed by atoms with Gasteiger partial charge in [0.25, 0.3) is 0 Å². The molecular formula is C11H25N3. The zero-order chi connectivity index (χ0) is 10.4. The number of hydrogen-bond acceptors (Lipinski definition) is 3. The van der Waals surface area contributed by atoms with Gasteiger partial charge in [0.15, 0.2) is 0 Å². The van der Waals surface area contributed by atoms with Crippen molar-refractivity contribution in [2.75, 3.05) is 33.7 Å². The minimum absolute atomic E-state index is 0.425. The van der Waals surface area contributed by atoms with E-state index >= 15 is 0 Å². The topological polar surface area (TPSA) is 41.3 Å². The first kappa shape index (κ1) is 12.0. The first-order chi connectivity index (χ1) is 6.71. The highest BCUT2D eigenvalue weighted by Gasteiger charge is 2.35. The van der Waals surface area contributed by atoms with Crippen LogP contribution in [-0.2, 0) is 0 Å². The van der Waals surface area contributed by atoms with Crippen molar-refractivity contribution < 1.29 is 0 Å². The van der Waals surface area contributed by atoms with Gasteiger partial charge < -0.3 is 16.0 Å². The highest BCUT2D eigenvalue weighted by Crippen LogP contribution is 2.32. The Hall–Kier alpha value is -0.120. The van der Waals surface area contributed by atoms with Crippen molar-refractivity contribution in [1.82, 2.24) is 10.2 Å². The van der Waals surface area contributed by atoms with Gasteiger partial charge in [0.05, 0.1) is 0 Å². The average molecular weight is 199 g/mol. The summed E-state index contributed by atoms with van der Waals surface area (Å²) in [7, 11) is 4.41. The molecule has 1 aliphatic carbocycles. The van der Waals surface area contributed by atoms with Crippen LogP contribution in [-0.4, -0.2) is 44.2 Å². The van der Waals surface area contributed by atoms with Gasteiger partial charge in [0.2, 0.25) is 0 Å². The molecule has 0 heterocycles. The average Bonchev–Trinajstić information content (AvgIpc) is 2.62. The Labute approximate surface area is 88.0 Å². The molecule has 0 amide bonds. The van der Waals surface area contributed by atoms with E-state index in [4.69, 9.17) is 5.73 Å². The molecule has 84 valence electrons. The second kappa shape index (κ2) is 5.69. The first-order valence-corrected chi connectivity index (χ1v) is 5.79. The van der Waals surface area contributed by atoms with Gasteiger partial charge in [-0.2, -0.15) is 0 Å². The maximum absolute atomic E-state index is 5.47. The number of nitrogens with one attached hydrogen (secondary N) is 1. The fourth-order valence-electron chi connectivity index (χ4n) is 2.36. The monoisotopic (exact) mass is 199 g/mol. The number of likely N-dealkylation sites (N-methyl/N-ethyl adjacent to an activating group) is 1. The van der Waals surface area contributed by atoms with E-state index in [1.807, 2.05) is 0 Å². The Bertz CT molecular complexity index is 151. The van der Waals surface area contributed by atoms with Crippen LogP contribution in [0.3, 0.4) is 0 Å². The Morgan fingerprint density at radius 1 is 1.29 bits per heavy atom. The van der Waals surface area contributed by atoms with E-state index in [2.05, 4.69) is 24.3 Å². The molecule has 0 atom stereocenters. The van der Waals surface area contributed by atoms with E-state index in [0.29, 0.717) is 5.54 Å². The predicted molar refractivity (Wildman–Crippen MR) is 61.4 cm³/mol. The molecule has 3 heteroatoms. The number of nitrogens with two attached hydrogens (primary N) is 1. The minimum atomic E-state index is 0.425. The standard InChI is InChI=1S/C11H25N3/c1-14(2)11(6-3-4-7-11)10-13-9-5-8-12/h13H,3-10,12H2,1-2H3. The van der Waals surface area contributed by atoms with Crippen molar-refractivity contribution in [3.8, 4) is 0 Å². The van der Waals surface area contributed by atoms with Gasteiger partial charge in [-0.25, -0.2) is 0 Å². The van der Waals surface area contributed by atoms with Crippen LogP contribution >= 0.6 is 0 Å². The summed E-state index contributed by atoms with van der Waals surface area (Å²) in [5.41, 5.74) is 5.89. The fourth-order valence-corrected chi connectivity index (χ4v) is 2.36. The summed E-state index contributed by atoms with van der Waals surface area (Å²) < 4.78 is 0. The molecule has 0 bridgehead atoms. The predicted octanol–water partition coefficient (Wildman–Crippen LogP) is 0.799. The van der Waals surface area contributed by atoms with Gasteiger partial charge in [-0.1, -0.05) is 12.8 Å². The third kappa shape index (κ3) is 2.94. The molecule has 0 unspecified atom stereocenters. The van der Waals surface area contributed by atoms with Crippen LogP contribution in [0, 0.1) is 0 Å². The van der Waals surface area contributed by atoms with Crippen molar-refractivity contribution in [3.63, 3.8) is 0 Å². The Kier molecular flexibility index (Phi) is 4.85. The van der Waals surface area contributed by atoms with Crippen molar-refractivity contribution >= 4 is 0 Å². The normalized spacial score (nSPS) is 20.6. The molecule has 1 saturated carbocycles. The van der Waals surface area contributed by atoms with Crippen molar-refractivity contribution in [2.45, 2.75) is 37.6 Å². The lowest BCUT2D eigenvalue weighted by Gasteiger charge is -2.36. The molecule has 0 aromatic carbocycles. The molecular weight excluding hydrogens is 174 g/mol. The summed E-state index contributed by atoms with van der Waals surface area (Å²) >= 11 is 0. The van der Waals surface area contributed by atoms with E-state index in [1.165, 1.54) is 25.7 Å². The van der Waals surface area contributed by atoms with Gasteiger partial charge in [0, 0.05) is 12.1 Å². The van der Waals surface area contributed by atoms with Crippen LogP contribution in [0.5, 0.6) is 0 Å². The zero-order valence-electron chi connectivity index (χ0n) is 9.68. The summed E-state index contributed by atoms with van der Waals surface area (Å²) in [6.45, 7) is 2.98. The van der Waals surface area contributed by atoms with E-state index < -0.39 is 0 Å². The zero-order valence-corrected chi connectivity index (χ0v) is 9.68. The highest BCUT2D eigenvalue weighted by molar-refractivity contribution is 4.94. The summed E-state index contributed by atoms with van der Waals surface area (Å²) in [5.74, 6) is 0. The molecule has 0 aliphatic heterocycles. The lowest BCUT2D eigenvalue weighted by Crippen LogP contribution is -2.49. The third-order valence-electron chi connectivity index (χ3n) is 3.49. The maximum atomic E-state index is 5.47.